The molecule has 0 aliphatic carbocycles. The number of benzene rings is 2. The summed E-state index contributed by atoms with van der Waals surface area (Å²) in [6, 6.07) is 15.5. The van der Waals surface area contributed by atoms with E-state index in [1.54, 1.807) is 24.3 Å². The van der Waals surface area contributed by atoms with Gasteiger partial charge in [0.25, 0.3) is 5.91 Å². The second kappa shape index (κ2) is 7.61. The number of nitrogens with one attached hydrogen (secondary N) is 2. The molecule has 0 saturated heterocycles. The van der Waals surface area contributed by atoms with Crippen LogP contribution in [-0.4, -0.2) is 22.6 Å². The SMILES string of the molecule is CC(O)(CCc1ccccc1)C(=O)Nc1ccc(NC(N)=O)cc1. The van der Waals surface area contributed by atoms with E-state index in [0.717, 1.165) is 5.56 Å². The zero-order chi connectivity index (χ0) is 17.6. The van der Waals surface area contributed by atoms with Crippen molar-refractivity contribution in [3.8, 4) is 0 Å². The van der Waals surface area contributed by atoms with Gasteiger partial charge in [-0.1, -0.05) is 30.3 Å². The van der Waals surface area contributed by atoms with Crippen molar-refractivity contribution in [2.45, 2.75) is 25.4 Å². The van der Waals surface area contributed by atoms with Crippen molar-refractivity contribution in [3.63, 3.8) is 0 Å². The number of nitrogens with two attached hydrogens (primary N) is 1. The number of carbonyl (C=O) groups excluding carboxylic acids is 2. The van der Waals surface area contributed by atoms with E-state index in [1.165, 1.54) is 6.92 Å². The van der Waals surface area contributed by atoms with Crippen LogP contribution in [0.2, 0.25) is 0 Å². The zero-order valence-corrected chi connectivity index (χ0v) is 13.5. The molecule has 3 amide bonds. The van der Waals surface area contributed by atoms with Gasteiger partial charge in [-0.05, 0) is 49.6 Å². The lowest BCUT2D eigenvalue weighted by Crippen LogP contribution is -2.40. The summed E-state index contributed by atoms with van der Waals surface area (Å²) in [4.78, 5) is 23.0. The Bertz CT molecular complexity index is 697. The third-order valence-electron chi connectivity index (χ3n) is 3.64. The number of hydrogen-bond acceptors (Lipinski definition) is 3. The van der Waals surface area contributed by atoms with Crippen molar-refractivity contribution >= 4 is 23.3 Å². The van der Waals surface area contributed by atoms with Crippen molar-refractivity contribution in [1.29, 1.82) is 0 Å². The minimum absolute atomic E-state index is 0.310. The monoisotopic (exact) mass is 327 g/mol. The Morgan fingerprint density at radius 3 is 2.08 bits per heavy atom. The zero-order valence-electron chi connectivity index (χ0n) is 13.5. The van der Waals surface area contributed by atoms with Crippen LogP contribution in [0.4, 0.5) is 16.2 Å². The van der Waals surface area contributed by atoms with E-state index in [-0.39, 0.29) is 0 Å². The Morgan fingerprint density at radius 1 is 1.00 bits per heavy atom. The maximum atomic E-state index is 12.3. The van der Waals surface area contributed by atoms with Gasteiger partial charge in [0.05, 0.1) is 0 Å². The van der Waals surface area contributed by atoms with Crippen LogP contribution >= 0.6 is 0 Å². The maximum absolute atomic E-state index is 12.3. The molecule has 0 bridgehead atoms. The lowest BCUT2D eigenvalue weighted by molar-refractivity contribution is -0.132. The molecule has 0 aromatic heterocycles. The number of anilines is 2. The van der Waals surface area contributed by atoms with E-state index in [2.05, 4.69) is 10.6 Å². The molecule has 1 unspecified atom stereocenters. The predicted molar refractivity (Wildman–Crippen MR) is 93.7 cm³/mol. The molecule has 2 rings (SSSR count). The lowest BCUT2D eigenvalue weighted by atomic mass is 9.96. The van der Waals surface area contributed by atoms with Crippen LogP contribution in [0.25, 0.3) is 0 Å². The van der Waals surface area contributed by atoms with Crippen molar-refractivity contribution in [1.82, 2.24) is 0 Å². The second-order valence-corrected chi connectivity index (χ2v) is 5.78. The fourth-order valence-electron chi connectivity index (χ4n) is 2.19. The van der Waals surface area contributed by atoms with Gasteiger partial charge in [-0.25, -0.2) is 4.79 Å². The summed E-state index contributed by atoms with van der Waals surface area (Å²) >= 11 is 0. The quantitative estimate of drug-likeness (QED) is 0.655. The molecule has 1 atom stereocenters. The summed E-state index contributed by atoms with van der Waals surface area (Å²) in [6.45, 7) is 1.49. The summed E-state index contributed by atoms with van der Waals surface area (Å²) < 4.78 is 0. The lowest BCUT2D eigenvalue weighted by Gasteiger charge is -2.22. The van der Waals surface area contributed by atoms with E-state index < -0.39 is 17.5 Å². The van der Waals surface area contributed by atoms with Gasteiger partial charge in [-0.2, -0.15) is 0 Å². The Labute approximate surface area is 140 Å². The first kappa shape index (κ1) is 17.5. The van der Waals surface area contributed by atoms with Crippen molar-refractivity contribution < 1.29 is 14.7 Å². The minimum atomic E-state index is -1.49. The fraction of sp³-hybridized carbons (Fsp3) is 0.222. The summed E-state index contributed by atoms with van der Waals surface area (Å²) in [6.07, 6.45) is 0.910. The molecule has 0 saturated carbocycles. The highest BCUT2D eigenvalue weighted by atomic mass is 16.3. The minimum Gasteiger partial charge on any atom is -0.380 e. The number of carbonyl (C=O) groups is 2. The van der Waals surface area contributed by atoms with E-state index >= 15 is 0 Å². The first-order valence-corrected chi connectivity index (χ1v) is 7.61. The summed E-state index contributed by atoms with van der Waals surface area (Å²) in [5, 5.41) is 15.5. The Hall–Kier alpha value is -2.86. The first-order valence-electron chi connectivity index (χ1n) is 7.61. The van der Waals surface area contributed by atoms with Crippen LogP contribution in [0.1, 0.15) is 18.9 Å². The van der Waals surface area contributed by atoms with E-state index in [1.807, 2.05) is 30.3 Å². The van der Waals surface area contributed by atoms with E-state index in [0.29, 0.717) is 24.2 Å². The van der Waals surface area contributed by atoms with Gasteiger partial charge in [-0.3, -0.25) is 4.79 Å². The topological polar surface area (TPSA) is 104 Å². The molecule has 24 heavy (non-hydrogen) atoms. The van der Waals surface area contributed by atoms with Crippen LogP contribution in [0.5, 0.6) is 0 Å². The van der Waals surface area contributed by atoms with Gasteiger partial charge >= 0.3 is 6.03 Å². The molecular weight excluding hydrogens is 306 g/mol. The van der Waals surface area contributed by atoms with E-state index in [9.17, 15) is 14.7 Å². The molecule has 0 fully saturated rings. The smallest absolute Gasteiger partial charge is 0.316 e. The van der Waals surface area contributed by atoms with Gasteiger partial charge in [0.15, 0.2) is 0 Å². The largest absolute Gasteiger partial charge is 0.380 e. The van der Waals surface area contributed by atoms with Gasteiger partial charge < -0.3 is 21.5 Å². The molecule has 6 heteroatoms. The number of amides is 3. The molecule has 2 aromatic carbocycles. The molecule has 126 valence electrons. The average molecular weight is 327 g/mol. The Morgan fingerprint density at radius 2 is 1.54 bits per heavy atom. The fourth-order valence-corrected chi connectivity index (χ4v) is 2.19. The number of rotatable bonds is 6. The molecular formula is C18H21N3O3. The first-order chi connectivity index (χ1) is 11.4. The summed E-state index contributed by atoms with van der Waals surface area (Å²) in [7, 11) is 0. The molecule has 0 heterocycles. The highest BCUT2D eigenvalue weighted by Crippen LogP contribution is 2.19. The summed E-state index contributed by atoms with van der Waals surface area (Å²) in [5.74, 6) is -0.478. The second-order valence-electron chi connectivity index (χ2n) is 5.78. The normalized spacial score (nSPS) is 12.9. The third-order valence-corrected chi connectivity index (χ3v) is 3.64. The molecule has 5 N–H and O–H groups in total. The molecule has 0 spiro atoms. The third kappa shape index (κ3) is 5.10. The number of aryl methyl sites for hydroxylation is 1. The molecule has 2 aromatic rings. The Kier molecular flexibility index (Phi) is 5.55. The highest BCUT2D eigenvalue weighted by Gasteiger charge is 2.29. The number of aliphatic hydroxyl groups is 1. The van der Waals surface area contributed by atoms with Crippen molar-refractivity contribution in [2.24, 2.45) is 5.73 Å². The number of hydrogen-bond donors (Lipinski definition) is 4. The van der Waals surface area contributed by atoms with Gasteiger partial charge in [-0.15, -0.1) is 0 Å². The van der Waals surface area contributed by atoms with Crippen LogP contribution in [0.3, 0.4) is 0 Å². The maximum Gasteiger partial charge on any atom is 0.316 e. The Balaban J connectivity index is 1.93. The predicted octanol–water partition coefficient (Wildman–Crippen LogP) is 2.50. The standard InChI is InChI=1S/C18H21N3O3/c1-18(24,12-11-13-5-3-2-4-6-13)16(22)20-14-7-9-15(10-8-14)21-17(19)23/h2-10,24H,11-12H2,1H3,(H,20,22)(H3,19,21,23). The number of urea groups is 1. The number of primary amides is 1. The van der Waals surface area contributed by atoms with Gasteiger partial charge in [0.1, 0.15) is 5.60 Å². The molecule has 0 aliphatic heterocycles. The van der Waals surface area contributed by atoms with E-state index in [4.69, 9.17) is 5.73 Å². The van der Waals surface area contributed by atoms with Gasteiger partial charge in [0.2, 0.25) is 0 Å². The van der Waals surface area contributed by atoms with Crippen molar-refractivity contribution in [2.75, 3.05) is 10.6 Å². The van der Waals surface area contributed by atoms with Crippen LogP contribution in [-0.2, 0) is 11.2 Å². The van der Waals surface area contributed by atoms with Crippen molar-refractivity contribution in [3.05, 3.63) is 60.2 Å². The molecule has 0 radical (unpaired) electrons. The summed E-state index contributed by atoms with van der Waals surface area (Å²) in [5.41, 5.74) is 5.65. The highest BCUT2D eigenvalue weighted by molar-refractivity contribution is 5.97. The van der Waals surface area contributed by atoms with Crippen LogP contribution in [0.15, 0.2) is 54.6 Å². The molecule has 6 nitrogen and oxygen atoms in total. The van der Waals surface area contributed by atoms with Crippen LogP contribution in [0, 0.1) is 0 Å². The average Bonchev–Trinajstić information content (AvgIpc) is 2.55. The van der Waals surface area contributed by atoms with Gasteiger partial charge in [0, 0.05) is 11.4 Å². The molecule has 0 aliphatic rings. The van der Waals surface area contributed by atoms with Crippen LogP contribution < -0.4 is 16.4 Å².